The number of hydrogen-bond donors (Lipinski definition) is 1. The second-order valence-electron chi connectivity index (χ2n) is 13.3. The van der Waals surface area contributed by atoms with Gasteiger partial charge in [-0.3, -0.25) is 0 Å². The van der Waals surface area contributed by atoms with E-state index in [9.17, 15) is 0 Å². The third-order valence-corrected chi connectivity index (χ3v) is 10.9. The van der Waals surface area contributed by atoms with Gasteiger partial charge < -0.3 is 9.73 Å². The Morgan fingerprint density at radius 3 is 1.69 bits per heavy atom. The molecule has 0 atom stereocenters. The molecule has 1 heterocycles. The molecule has 0 amide bonds. The number of rotatable bonds is 3. The first kappa shape index (κ1) is 26.7. The van der Waals surface area contributed by atoms with Gasteiger partial charge in [-0.2, -0.15) is 0 Å². The van der Waals surface area contributed by atoms with Crippen LogP contribution in [-0.2, 0) is 5.41 Å². The topological polar surface area (TPSA) is 25.2 Å². The van der Waals surface area contributed by atoms with Crippen LogP contribution in [0.1, 0.15) is 22.3 Å². The van der Waals surface area contributed by atoms with E-state index in [-0.39, 0.29) is 5.41 Å². The van der Waals surface area contributed by atoms with Crippen LogP contribution in [0, 0.1) is 0 Å². The highest BCUT2D eigenvalue weighted by Gasteiger charge is 2.51. The number of hydrogen-bond acceptors (Lipinski definition) is 2. The van der Waals surface area contributed by atoms with E-state index in [0.717, 1.165) is 44.4 Å². The lowest BCUT2D eigenvalue weighted by molar-refractivity contribution is 0.671. The van der Waals surface area contributed by atoms with E-state index in [2.05, 4.69) is 175 Å². The first-order valence-corrected chi connectivity index (χ1v) is 16.9. The average Bonchev–Trinajstić information content (AvgIpc) is 3.80. The molecule has 1 aromatic heterocycles. The van der Waals surface area contributed by atoms with E-state index in [4.69, 9.17) is 4.42 Å². The van der Waals surface area contributed by atoms with Crippen LogP contribution in [-0.4, -0.2) is 0 Å². The van der Waals surface area contributed by atoms with Gasteiger partial charge in [-0.25, -0.2) is 0 Å². The van der Waals surface area contributed by atoms with Crippen molar-refractivity contribution in [3.63, 3.8) is 0 Å². The summed E-state index contributed by atoms with van der Waals surface area (Å²) in [4.78, 5) is 0. The standard InChI is InChI=1S/C47H29NO/c1-2-13-29(14-3-1)33-20-12-21-38-44-32-16-5-4-15-30(32)27-43(46(44)49-45(33)38)48-31-25-26-37-36-19-8-11-24-41(36)47(42(37)28-31)39-22-9-6-17-34(39)35-18-7-10-23-40(35)47/h1-28,48H. The van der Waals surface area contributed by atoms with Crippen LogP contribution in [0.2, 0.25) is 0 Å². The monoisotopic (exact) mass is 623 g/mol. The van der Waals surface area contributed by atoms with E-state index >= 15 is 0 Å². The van der Waals surface area contributed by atoms with Crippen LogP contribution in [0.5, 0.6) is 0 Å². The number of nitrogens with one attached hydrogen (secondary N) is 1. The Kier molecular flexibility index (Phi) is 5.34. The minimum absolute atomic E-state index is 0.389. The molecule has 1 spiro atoms. The molecule has 8 aromatic carbocycles. The number of para-hydroxylation sites is 1. The lowest BCUT2D eigenvalue weighted by Gasteiger charge is -2.30. The van der Waals surface area contributed by atoms with Gasteiger partial charge in [-0.15, -0.1) is 0 Å². The number of furan rings is 1. The molecule has 0 bridgehead atoms. The third-order valence-electron chi connectivity index (χ3n) is 10.9. The van der Waals surface area contributed by atoms with Crippen LogP contribution in [0.15, 0.2) is 174 Å². The van der Waals surface area contributed by atoms with Crippen molar-refractivity contribution in [2.24, 2.45) is 0 Å². The first-order valence-electron chi connectivity index (χ1n) is 16.9. The average molecular weight is 624 g/mol. The van der Waals surface area contributed by atoms with Crippen molar-refractivity contribution in [1.82, 2.24) is 0 Å². The molecule has 2 nitrogen and oxygen atoms in total. The molecule has 0 saturated heterocycles. The Hall–Kier alpha value is -6.38. The molecule has 0 fully saturated rings. The Morgan fingerprint density at radius 1 is 0.408 bits per heavy atom. The van der Waals surface area contributed by atoms with Gasteiger partial charge in [0.05, 0.1) is 11.1 Å². The van der Waals surface area contributed by atoms with E-state index in [0.29, 0.717) is 0 Å². The molecule has 228 valence electrons. The van der Waals surface area contributed by atoms with Gasteiger partial charge in [0.15, 0.2) is 5.58 Å². The Morgan fingerprint density at radius 2 is 0.980 bits per heavy atom. The zero-order chi connectivity index (χ0) is 32.1. The lowest BCUT2D eigenvalue weighted by Crippen LogP contribution is -2.25. The van der Waals surface area contributed by atoms with E-state index in [1.54, 1.807) is 0 Å². The maximum Gasteiger partial charge on any atom is 0.159 e. The number of benzene rings is 8. The highest BCUT2D eigenvalue weighted by atomic mass is 16.3. The minimum Gasteiger partial charge on any atom is -0.453 e. The SMILES string of the molecule is c1ccc(-c2cccc3c2oc2c(Nc4ccc5c(c4)C4(c6ccccc6-c6ccccc64)c4ccccc4-5)cc4ccccc4c23)cc1. The molecule has 2 aliphatic carbocycles. The maximum absolute atomic E-state index is 6.92. The zero-order valence-corrected chi connectivity index (χ0v) is 26.6. The van der Waals surface area contributed by atoms with Gasteiger partial charge in [0.1, 0.15) is 5.58 Å². The van der Waals surface area contributed by atoms with Crippen molar-refractivity contribution in [2.75, 3.05) is 5.32 Å². The van der Waals surface area contributed by atoms with Crippen molar-refractivity contribution >= 4 is 44.1 Å². The van der Waals surface area contributed by atoms with Gasteiger partial charge in [0, 0.05) is 22.0 Å². The Balaban J connectivity index is 1.15. The predicted molar refractivity (Wildman–Crippen MR) is 203 cm³/mol. The second-order valence-corrected chi connectivity index (χ2v) is 13.3. The van der Waals surface area contributed by atoms with Gasteiger partial charge >= 0.3 is 0 Å². The molecular formula is C47H29NO. The van der Waals surface area contributed by atoms with Crippen LogP contribution < -0.4 is 5.32 Å². The molecule has 1 N–H and O–H groups in total. The zero-order valence-electron chi connectivity index (χ0n) is 26.6. The maximum atomic E-state index is 6.92. The molecular weight excluding hydrogens is 595 g/mol. The highest BCUT2D eigenvalue weighted by molar-refractivity contribution is 6.24. The molecule has 9 aromatic rings. The van der Waals surface area contributed by atoms with Gasteiger partial charge in [0.25, 0.3) is 0 Å². The molecule has 0 saturated carbocycles. The van der Waals surface area contributed by atoms with Crippen molar-refractivity contribution < 1.29 is 4.42 Å². The lowest BCUT2D eigenvalue weighted by atomic mass is 9.70. The van der Waals surface area contributed by atoms with Gasteiger partial charge in [0.2, 0.25) is 0 Å². The van der Waals surface area contributed by atoms with E-state index in [1.807, 2.05) is 0 Å². The normalized spacial score (nSPS) is 13.5. The summed E-state index contributed by atoms with van der Waals surface area (Å²) < 4.78 is 6.92. The fourth-order valence-corrected chi connectivity index (χ4v) is 8.91. The van der Waals surface area contributed by atoms with Gasteiger partial charge in [-0.05, 0) is 79.0 Å². The molecule has 0 aliphatic heterocycles. The van der Waals surface area contributed by atoms with Crippen LogP contribution in [0.4, 0.5) is 11.4 Å². The van der Waals surface area contributed by atoms with Crippen molar-refractivity contribution in [3.8, 4) is 33.4 Å². The van der Waals surface area contributed by atoms with Crippen LogP contribution >= 0.6 is 0 Å². The summed E-state index contributed by atoms with van der Waals surface area (Å²) in [7, 11) is 0. The van der Waals surface area contributed by atoms with E-state index in [1.165, 1.54) is 55.3 Å². The largest absolute Gasteiger partial charge is 0.453 e. The third kappa shape index (κ3) is 3.50. The molecule has 0 unspecified atom stereocenters. The molecule has 2 aliphatic rings. The number of fused-ring (bicyclic) bond motifs is 15. The summed E-state index contributed by atoms with van der Waals surface area (Å²) in [5.74, 6) is 0. The summed E-state index contributed by atoms with van der Waals surface area (Å²) >= 11 is 0. The minimum atomic E-state index is -0.389. The summed E-state index contributed by atoms with van der Waals surface area (Å²) in [5.41, 5.74) is 16.2. The first-order chi connectivity index (χ1) is 24.3. The Labute approximate surface area is 283 Å². The van der Waals surface area contributed by atoms with Crippen LogP contribution in [0.25, 0.3) is 66.1 Å². The summed E-state index contributed by atoms with van der Waals surface area (Å²) in [6.07, 6.45) is 0. The predicted octanol–water partition coefficient (Wildman–Crippen LogP) is 12.5. The molecule has 11 rings (SSSR count). The summed E-state index contributed by atoms with van der Waals surface area (Å²) in [6.45, 7) is 0. The van der Waals surface area contributed by atoms with E-state index < -0.39 is 0 Å². The van der Waals surface area contributed by atoms with Crippen molar-refractivity contribution in [2.45, 2.75) is 5.41 Å². The van der Waals surface area contributed by atoms with Crippen molar-refractivity contribution in [3.05, 3.63) is 192 Å². The summed E-state index contributed by atoms with van der Waals surface area (Å²) in [5, 5.41) is 8.50. The number of anilines is 2. The van der Waals surface area contributed by atoms with Crippen LogP contribution in [0.3, 0.4) is 0 Å². The fraction of sp³-hybridized carbons (Fsp3) is 0.0213. The molecule has 49 heavy (non-hydrogen) atoms. The smallest absolute Gasteiger partial charge is 0.159 e. The summed E-state index contributed by atoms with van der Waals surface area (Å²) in [6, 6.07) is 61.7. The fourth-order valence-electron chi connectivity index (χ4n) is 8.91. The Bertz CT molecular complexity index is 2740. The molecule has 0 radical (unpaired) electrons. The molecule has 2 heteroatoms. The van der Waals surface area contributed by atoms with Crippen molar-refractivity contribution in [1.29, 1.82) is 0 Å². The second kappa shape index (κ2) is 9.82. The van der Waals surface area contributed by atoms with Gasteiger partial charge in [-0.1, -0.05) is 152 Å². The highest BCUT2D eigenvalue weighted by Crippen LogP contribution is 2.63. The quantitative estimate of drug-likeness (QED) is 0.212.